The Morgan fingerprint density at radius 1 is 1.23 bits per heavy atom. The molecule has 1 fully saturated rings. The molecule has 1 heterocycles. The molecule has 0 N–H and O–H groups in total. The molecular formula is C18H26N2O5S. The van der Waals surface area contributed by atoms with Crippen molar-refractivity contribution in [2.24, 2.45) is 5.92 Å². The number of non-ortho nitro benzene ring substituents is 1. The van der Waals surface area contributed by atoms with Crippen LogP contribution in [-0.2, 0) is 21.1 Å². The van der Waals surface area contributed by atoms with E-state index in [1.165, 1.54) is 12.1 Å². The molecular weight excluding hydrogens is 356 g/mol. The Hall–Kier alpha value is -1.96. The fourth-order valence-corrected chi connectivity index (χ4v) is 5.39. The van der Waals surface area contributed by atoms with Crippen LogP contribution in [0.25, 0.3) is 0 Å². The zero-order valence-corrected chi connectivity index (χ0v) is 16.1. The number of hydrogen-bond acceptors (Lipinski definition) is 5. The van der Waals surface area contributed by atoms with Crippen LogP contribution in [0.1, 0.15) is 38.7 Å². The van der Waals surface area contributed by atoms with Gasteiger partial charge in [-0.05, 0) is 30.7 Å². The van der Waals surface area contributed by atoms with Crippen molar-refractivity contribution >= 4 is 21.4 Å². The smallest absolute Gasteiger partial charge is 0.269 e. The van der Waals surface area contributed by atoms with Crippen LogP contribution in [0.15, 0.2) is 24.3 Å². The van der Waals surface area contributed by atoms with E-state index in [0.717, 1.165) is 5.56 Å². The summed E-state index contributed by atoms with van der Waals surface area (Å²) in [5, 5.41) is 10.3. The van der Waals surface area contributed by atoms with Crippen LogP contribution in [-0.4, -0.2) is 48.2 Å². The molecule has 0 bridgehead atoms. The van der Waals surface area contributed by atoms with Gasteiger partial charge in [-0.1, -0.05) is 26.0 Å². The summed E-state index contributed by atoms with van der Waals surface area (Å²) >= 11 is 0. The summed E-state index contributed by atoms with van der Waals surface area (Å²) in [6.07, 6.45) is 1.83. The summed E-state index contributed by atoms with van der Waals surface area (Å²) in [5.41, 5.74) is 0.906. The van der Waals surface area contributed by atoms with E-state index in [-0.39, 0.29) is 28.5 Å². The Morgan fingerprint density at radius 3 is 2.31 bits per heavy atom. The van der Waals surface area contributed by atoms with Gasteiger partial charge in [0.1, 0.15) is 0 Å². The van der Waals surface area contributed by atoms with E-state index in [0.29, 0.717) is 38.8 Å². The number of aryl methyl sites for hydroxylation is 1. The molecule has 2 rings (SSSR count). The SMILES string of the molecule is CC(C)CS(=O)(=O)C1CCN(C(=O)CCc2ccc([N+](=O)[O-])cc2)CC1. The number of hydrogen-bond donors (Lipinski definition) is 0. The number of piperidine rings is 1. The van der Waals surface area contributed by atoms with E-state index in [9.17, 15) is 23.3 Å². The Kier molecular flexibility index (Phi) is 6.75. The second-order valence-electron chi connectivity index (χ2n) is 7.23. The minimum absolute atomic E-state index is 0.00283. The predicted octanol–water partition coefficient (Wildman–Crippen LogP) is 2.59. The molecule has 8 heteroatoms. The first-order valence-corrected chi connectivity index (χ1v) is 10.6. The molecule has 0 spiro atoms. The maximum atomic E-state index is 12.3. The van der Waals surface area contributed by atoms with E-state index in [1.54, 1.807) is 17.0 Å². The Labute approximate surface area is 154 Å². The van der Waals surface area contributed by atoms with Crippen molar-refractivity contribution in [1.82, 2.24) is 4.90 Å². The van der Waals surface area contributed by atoms with Crippen LogP contribution < -0.4 is 0 Å². The summed E-state index contributed by atoms with van der Waals surface area (Å²) in [5.74, 6) is 0.315. The van der Waals surface area contributed by atoms with Crippen LogP contribution in [0.4, 0.5) is 5.69 Å². The number of carbonyl (C=O) groups excluding carboxylic acids is 1. The molecule has 0 atom stereocenters. The molecule has 1 aromatic rings. The van der Waals surface area contributed by atoms with Crippen molar-refractivity contribution in [2.45, 2.75) is 44.8 Å². The van der Waals surface area contributed by atoms with Crippen molar-refractivity contribution in [3.8, 4) is 0 Å². The summed E-state index contributed by atoms with van der Waals surface area (Å²) < 4.78 is 24.6. The lowest BCUT2D eigenvalue weighted by atomic mass is 10.1. The van der Waals surface area contributed by atoms with Gasteiger partial charge in [-0.3, -0.25) is 14.9 Å². The lowest BCUT2D eigenvalue weighted by Crippen LogP contribution is -2.43. The number of carbonyl (C=O) groups is 1. The molecule has 144 valence electrons. The molecule has 1 aromatic carbocycles. The van der Waals surface area contributed by atoms with Gasteiger partial charge < -0.3 is 4.90 Å². The van der Waals surface area contributed by atoms with Gasteiger partial charge in [0.25, 0.3) is 5.69 Å². The van der Waals surface area contributed by atoms with Crippen LogP contribution in [0, 0.1) is 16.0 Å². The number of likely N-dealkylation sites (tertiary alicyclic amines) is 1. The number of sulfone groups is 1. The number of benzene rings is 1. The third-order valence-electron chi connectivity index (χ3n) is 4.64. The molecule has 26 heavy (non-hydrogen) atoms. The average Bonchev–Trinajstić information content (AvgIpc) is 2.59. The van der Waals surface area contributed by atoms with E-state index in [1.807, 2.05) is 13.8 Å². The van der Waals surface area contributed by atoms with Crippen molar-refractivity contribution in [3.05, 3.63) is 39.9 Å². The zero-order valence-electron chi connectivity index (χ0n) is 15.3. The number of nitro groups is 1. The highest BCUT2D eigenvalue weighted by Gasteiger charge is 2.31. The second-order valence-corrected chi connectivity index (χ2v) is 9.55. The van der Waals surface area contributed by atoms with Crippen LogP contribution in [0.2, 0.25) is 0 Å². The van der Waals surface area contributed by atoms with Gasteiger partial charge in [-0.25, -0.2) is 8.42 Å². The summed E-state index contributed by atoms with van der Waals surface area (Å²) in [6, 6.07) is 6.20. The maximum Gasteiger partial charge on any atom is 0.269 e. The Bertz CT molecular complexity index is 735. The lowest BCUT2D eigenvalue weighted by Gasteiger charge is -2.32. The van der Waals surface area contributed by atoms with Gasteiger partial charge in [0.15, 0.2) is 9.84 Å². The standard InChI is InChI=1S/C18H26N2O5S/c1-14(2)13-26(24,25)17-9-11-19(12-10-17)18(21)8-5-15-3-6-16(7-4-15)20(22)23/h3-4,6-7,14,17H,5,8-13H2,1-2H3. The molecule has 1 saturated heterocycles. The monoisotopic (exact) mass is 382 g/mol. The number of nitro benzene ring substituents is 1. The molecule has 0 aliphatic carbocycles. The van der Waals surface area contributed by atoms with E-state index in [4.69, 9.17) is 0 Å². The van der Waals surface area contributed by atoms with Crippen LogP contribution in [0.5, 0.6) is 0 Å². The average molecular weight is 382 g/mol. The lowest BCUT2D eigenvalue weighted by molar-refractivity contribution is -0.384. The highest BCUT2D eigenvalue weighted by atomic mass is 32.2. The fraction of sp³-hybridized carbons (Fsp3) is 0.611. The van der Waals surface area contributed by atoms with Gasteiger partial charge in [-0.15, -0.1) is 0 Å². The van der Waals surface area contributed by atoms with Crippen molar-refractivity contribution < 1.29 is 18.1 Å². The van der Waals surface area contributed by atoms with Crippen LogP contribution >= 0.6 is 0 Å². The first-order chi connectivity index (χ1) is 12.2. The van der Waals surface area contributed by atoms with Gasteiger partial charge in [0.2, 0.25) is 5.91 Å². The molecule has 0 unspecified atom stereocenters. The number of nitrogens with zero attached hydrogens (tertiary/aromatic N) is 2. The Morgan fingerprint density at radius 2 is 1.81 bits per heavy atom. The molecule has 0 aromatic heterocycles. The highest BCUT2D eigenvalue weighted by Crippen LogP contribution is 2.21. The van der Waals surface area contributed by atoms with Crippen molar-refractivity contribution in [1.29, 1.82) is 0 Å². The van der Waals surface area contributed by atoms with Crippen molar-refractivity contribution in [2.75, 3.05) is 18.8 Å². The summed E-state index contributed by atoms with van der Waals surface area (Å²) in [4.78, 5) is 24.3. The highest BCUT2D eigenvalue weighted by molar-refractivity contribution is 7.92. The first kappa shape index (κ1) is 20.4. The number of amides is 1. The second kappa shape index (κ2) is 8.62. The molecule has 1 amide bonds. The number of rotatable bonds is 7. The zero-order chi connectivity index (χ0) is 19.3. The largest absolute Gasteiger partial charge is 0.343 e. The molecule has 7 nitrogen and oxygen atoms in total. The molecule has 1 aliphatic rings. The summed E-state index contributed by atoms with van der Waals surface area (Å²) in [6.45, 7) is 4.74. The topological polar surface area (TPSA) is 97.6 Å². The maximum absolute atomic E-state index is 12.3. The summed E-state index contributed by atoms with van der Waals surface area (Å²) in [7, 11) is -3.09. The molecule has 1 aliphatic heterocycles. The normalized spacial score (nSPS) is 16.0. The fourth-order valence-electron chi connectivity index (χ4n) is 3.26. The minimum atomic E-state index is -3.09. The third kappa shape index (κ3) is 5.52. The van der Waals surface area contributed by atoms with E-state index < -0.39 is 14.8 Å². The quantitative estimate of drug-likeness (QED) is 0.533. The van der Waals surface area contributed by atoms with E-state index in [2.05, 4.69) is 0 Å². The van der Waals surface area contributed by atoms with Gasteiger partial charge in [0.05, 0.1) is 15.9 Å². The Balaban J connectivity index is 1.82. The first-order valence-electron chi connectivity index (χ1n) is 8.91. The predicted molar refractivity (Wildman–Crippen MR) is 99.6 cm³/mol. The van der Waals surface area contributed by atoms with E-state index >= 15 is 0 Å². The minimum Gasteiger partial charge on any atom is -0.343 e. The van der Waals surface area contributed by atoms with Gasteiger partial charge in [0, 0.05) is 31.6 Å². The third-order valence-corrected chi connectivity index (χ3v) is 7.26. The van der Waals surface area contributed by atoms with Crippen molar-refractivity contribution in [3.63, 3.8) is 0 Å². The van der Waals surface area contributed by atoms with Gasteiger partial charge >= 0.3 is 0 Å². The molecule has 0 radical (unpaired) electrons. The van der Waals surface area contributed by atoms with Crippen LogP contribution in [0.3, 0.4) is 0 Å². The van der Waals surface area contributed by atoms with Gasteiger partial charge in [-0.2, -0.15) is 0 Å². The molecule has 0 saturated carbocycles.